The van der Waals surface area contributed by atoms with Gasteiger partial charge < -0.3 is 4.42 Å². The maximum Gasteiger partial charge on any atom is 0.164 e. The predicted molar refractivity (Wildman–Crippen MR) is 191 cm³/mol. The van der Waals surface area contributed by atoms with Gasteiger partial charge >= 0.3 is 0 Å². The smallest absolute Gasteiger partial charge is 0.164 e. The number of fused-ring (bicyclic) bond motifs is 9. The summed E-state index contributed by atoms with van der Waals surface area (Å²) in [6.07, 6.45) is 3.57. The zero-order valence-electron chi connectivity index (χ0n) is 25.1. The first kappa shape index (κ1) is 25.8. The van der Waals surface area contributed by atoms with E-state index in [2.05, 4.69) is 132 Å². The van der Waals surface area contributed by atoms with E-state index in [-0.39, 0.29) is 0 Å². The summed E-state index contributed by atoms with van der Waals surface area (Å²) in [5, 5.41) is 11.0. The van der Waals surface area contributed by atoms with Gasteiger partial charge in [-0.2, -0.15) is 0 Å². The van der Waals surface area contributed by atoms with Gasteiger partial charge in [-0.1, -0.05) is 109 Å². The van der Waals surface area contributed by atoms with Crippen LogP contribution in [0.25, 0.3) is 99.2 Å². The Balaban J connectivity index is 1.30. The molecule has 7 aromatic carbocycles. The van der Waals surface area contributed by atoms with E-state index in [1.165, 1.54) is 10.8 Å². The van der Waals surface area contributed by atoms with Gasteiger partial charge in [-0.25, -0.2) is 15.0 Å². The molecule has 0 radical (unpaired) electrons. The van der Waals surface area contributed by atoms with Crippen LogP contribution in [0, 0.1) is 0 Å². The van der Waals surface area contributed by atoms with E-state index in [4.69, 9.17) is 19.4 Å². The molecular weight excluding hydrogens is 576 g/mol. The number of furan rings is 1. The molecule has 0 saturated carbocycles. The molecule has 0 amide bonds. The SMILES string of the molecule is c1ccc2cc(-c3nc(-c4cc5ccccc5c5ccccc45)nc(-c4cccc5ccc6c7ccncc7oc6c45)n3)ccc2c1. The van der Waals surface area contributed by atoms with Crippen molar-refractivity contribution in [3.8, 4) is 34.2 Å². The van der Waals surface area contributed by atoms with Crippen molar-refractivity contribution < 1.29 is 4.42 Å². The molecule has 0 fully saturated rings. The van der Waals surface area contributed by atoms with Gasteiger partial charge in [-0.15, -0.1) is 0 Å². The van der Waals surface area contributed by atoms with Gasteiger partial charge in [0.15, 0.2) is 23.1 Å². The Hall–Kier alpha value is -6.46. The number of hydrogen-bond donors (Lipinski definition) is 0. The standard InChI is InChI=1S/C42H24N4O/c1-2-9-27-22-29(17-16-25(27)8-1)40-44-41(35-15-7-11-26-18-19-34-33-20-21-43-24-37(33)47-39(34)38(26)35)46-42(45-40)36-23-28-10-3-4-12-30(28)31-13-5-6-14-32(31)36/h1-24H. The topological polar surface area (TPSA) is 64.7 Å². The van der Waals surface area contributed by atoms with Gasteiger partial charge in [0, 0.05) is 39.0 Å². The summed E-state index contributed by atoms with van der Waals surface area (Å²) >= 11 is 0. The van der Waals surface area contributed by atoms with Crippen molar-refractivity contribution in [3.63, 3.8) is 0 Å². The fourth-order valence-electron chi connectivity index (χ4n) is 6.96. The fourth-order valence-corrected chi connectivity index (χ4v) is 6.96. The summed E-state index contributed by atoms with van der Waals surface area (Å²) in [7, 11) is 0. The lowest BCUT2D eigenvalue weighted by molar-refractivity contribution is 0.670. The highest BCUT2D eigenvalue weighted by molar-refractivity contribution is 6.18. The van der Waals surface area contributed by atoms with E-state index in [9.17, 15) is 0 Å². The Morgan fingerprint density at radius 3 is 2.02 bits per heavy atom. The van der Waals surface area contributed by atoms with Gasteiger partial charge in [0.1, 0.15) is 5.58 Å². The van der Waals surface area contributed by atoms with E-state index in [0.717, 1.165) is 70.9 Å². The second kappa shape index (κ2) is 10.0. The Kier molecular flexibility index (Phi) is 5.51. The number of nitrogens with zero attached hydrogens (tertiary/aromatic N) is 4. The van der Waals surface area contributed by atoms with Crippen LogP contribution in [0.3, 0.4) is 0 Å². The highest BCUT2D eigenvalue weighted by atomic mass is 16.3. The molecule has 0 spiro atoms. The minimum absolute atomic E-state index is 0.590. The van der Waals surface area contributed by atoms with E-state index < -0.39 is 0 Å². The molecule has 47 heavy (non-hydrogen) atoms. The summed E-state index contributed by atoms with van der Waals surface area (Å²) in [6, 6.07) is 46.4. The van der Waals surface area contributed by atoms with E-state index >= 15 is 0 Å². The van der Waals surface area contributed by atoms with Crippen molar-refractivity contribution in [3.05, 3.63) is 146 Å². The third-order valence-electron chi connectivity index (χ3n) is 9.18. The lowest BCUT2D eigenvalue weighted by Gasteiger charge is -2.13. The largest absolute Gasteiger partial charge is 0.454 e. The van der Waals surface area contributed by atoms with Gasteiger partial charge in [0.05, 0.1) is 6.20 Å². The van der Waals surface area contributed by atoms with Crippen molar-refractivity contribution in [1.82, 2.24) is 19.9 Å². The minimum atomic E-state index is 0.590. The van der Waals surface area contributed by atoms with Crippen LogP contribution < -0.4 is 0 Å². The quantitative estimate of drug-likeness (QED) is 0.189. The predicted octanol–water partition coefficient (Wildman–Crippen LogP) is 10.8. The monoisotopic (exact) mass is 600 g/mol. The Morgan fingerprint density at radius 1 is 0.426 bits per heavy atom. The van der Waals surface area contributed by atoms with Crippen LogP contribution in [-0.4, -0.2) is 19.9 Å². The minimum Gasteiger partial charge on any atom is -0.454 e. The van der Waals surface area contributed by atoms with Crippen molar-refractivity contribution in [1.29, 1.82) is 0 Å². The maximum atomic E-state index is 6.48. The molecule has 0 aliphatic heterocycles. The molecule has 3 heterocycles. The third kappa shape index (κ3) is 4.03. The van der Waals surface area contributed by atoms with Crippen LogP contribution in [0.15, 0.2) is 150 Å². The molecule has 5 nitrogen and oxygen atoms in total. The van der Waals surface area contributed by atoms with Crippen LogP contribution in [-0.2, 0) is 0 Å². The third-order valence-corrected chi connectivity index (χ3v) is 9.18. The van der Waals surface area contributed by atoms with Crippen molar-refractivity contribution in [2.24, 2.45) is 0 Å². The summed E-state index contributed by atoms with van der Waals surface area (Å²) in [4.78, 5) is 19.9. The summed E-state index contributed by atoms with van der Waals surface area (Å²) in [6.45, 7) is 0. The first-order chi connectivity index (χ1) is 23.3. The number of benzene rings is 7. The molecule has 10 rings (SSSR count). The van der Waals surface area contributed by atoms with Gasteiger partial charge in [-0.05, 0) is 62.0 Å². The van der Waals surface area contributed by atoms with Crippen LogP contribution in [0.5, 0.6) is 0 Å². The zero-order chi connectivity index (χ0) is 30.9. The van der Waals surface area contributed by atoms with Crippen molar-refractivity contribution in [2.75, 3.05) is 0 Å². The van der Waals surface area contributed by atoms with E-state index in [1.54, 1.807) is 12.4 Å². The average molecular weight is 601 g/mol. The molecule has 0 aliphatic rings. The molecule has 0 unspecified atom stereocenters. The first-order valence-corrected chi connectivity index (χ1v) is 15.6. The normalized spacial score (nSPS) is 11.8. The Bertz CT molecular complexity index is 2870. The van der Waals surface area contributed by atoms with Gasteiger partial charge in [0.25, 0.3) is 0 Å². The van der Waals surface area contributed by atoms with Crippen LogP contribution in [0.4, 0.5) is 0 Å². The Morgan fingerprint density at radius 2 is 1.13 bits per heavy atom. The van der Waals surface area contributed by atoms with Gasteiger partial charge in [0.2, 0.25) is 0 Å². The molecule has 0 bridgehead atoms. The van der Waals surface area contributed by atoms with Gasteiger partial charge in [-0.3, -0.25) is 4.98 Å². The molecule has 0 N–H and O–H groups in total. The van der Waals surface area contributed by atoms with Crippen LogP contribution >= 0.6 is 0 Å². The second-order valence-electron chi connectivity index (χ2n) is 11.9. The molecular formula is C42H24N4O. The molecule has 3 aromatic heterocycles. The number of aromatic nitrogens is 4. The lowest BCUT2D eigenvalue weighted by atomic mass is 9.96. The van der Waals surface area contributed by atoms with E-state index in [1.807, 2.05) is 6.07 Å². The molecule has 0 atom stereocenters. The first-order valence-electron chi connectivity index (χ1n) is 15.6. The van der Waals surface area contributed by atoms with Crippen LogP contribution in [0.2, 0.25) is 0 Å². The van der Waals surface area contributed by atoms with Crippen molar-refractivity contribution in [2.45, 2.75) is 0 Å². The maximum absolute atomic E-state index is 6.48. The zero-order valence-corrected chi connectivity index (χ0v) is 25.1. The highest BCUT2D eigenvalue weighted by Crippen LogP contribution is 2.40. The molecule has 5 heteroatoms. The number of rotatable bonds is 3. The average Bonchev–Trinajstić information content (AvgIpc) is 3.53. The number of pyridine rings is 1. The van der Waals surface area contributed by atoms with Crippen molar-refractivity contribution >= 4 is 65.0 Å². The van der Waals surface area contributed by atoms with E-state index in [0.29, 0.717) is 17.5 Å². The molecule has 218 valence electrons. The summed E-state index contributed by atoms with van der Waals surface area (Å²) in [5.74, 6) is 1.83. The molecule has 0 saturated heterocycles. The van der Waals surface area contributed by atoms with Crippen LogP contribution in [0.1, 0.15) is 0 Å². The highest BCUT2D eigenvalue weighted by Gasteiger charge is 2.20. The molecule has 10 aromatic rings. The molecule has 0 aliphatic carbocycles. The lowest BCUT2D eigenvalue weighted by Crippen LogP contribution is -2.01. The fraction of sp³-hybridized carbons (Fsp3) is 0. The second-order valence-corrected chi connectivity index (χ2v) is 11.9. The number of hydrogen-bond acceptors (Lipinski definition) is 5. The summed E-state index contributed by atoms with van der Waals surface area (Å²) in [5.41, 5.74) is 4.33. The summed E-state index contributed by atoms with van der Waals surface area (Å²) < 4.78 is 6.48. The Labute approximate surface area is 268 Å².